The molecule has 21 heavy (non-hydrogen) atoms. The molecule has 0 atom stereocenters. The maximum Gasteiger partial charge on any atom is 0.130 e. The molecule has 1 heterocycles. The SMILES string of the molecule is CCNc1nc2ccccc2cc1CSC1CCCCC1. The van der Waals surface area contributed by atoms with Gasteiger partial charge in [0.25, 0.3) is 0 Å². The lowest BCUT2D eigenvalue weighted by Crippen LogP contribution is -2.09. The lowest BCUT2D eigenvalue weighted by molar-refractivity contribution is 0.516. The molecule has 0 aliphatic heterocycles. The van der Waals surface area contributed by atoms with Crippen molar-refractivity contribution in [3.63, 3.8) is 0 Å². The Morgan fingerprint density at radius 1 is 1.19 bits per heavy atom. The quantitative estimate of drug-likeness (QED) is 0.818. The standard InChI is InChI=1S/C18H24N2S/c1-2-19-18-15(13-21-16-9-4-3-5-10-16)12-14-8-6-7-11-17(14)20-18/h6-8,11-12,16H,2-5,9-10,13H2,1H3,(H,19,20). The maximum atomic E-state index is 4.80. The van der Waals surface area contributed by atoms with Gasteiger partial charge in [-0.05, 0) is 31.9 Å². The number of thioether (sulfide) groups is 1. The monoisotopic (exact) mass is 300 g/mol. The Morgan fingerprint density at radius 2 is 2.00 bits per heavy atom. The van der Waals surface area contributed by atoms with Crippen LogP contribution in [0.3, 0.4) is 0 Å². The highest BCUT2D eigenvalue weighted by atomic mass is 32.2. The molecule has 0 saturated heterocycles. The number of pyridine rings is 1. The molecular formula is C18H24N2S. The van der Waals surface area contributed by atoms with Gasteiger partial charge in [-0.2, -0.15) is 11.8 Å². The van der Waals surface area contributed by atoms with E-state index >= 15 is 0 Å². The largest absolute Gasteiger partial charge is 0.370 e. The zero-order valence-corrected chi connectivity index (χ0v) is 13.6. The molecule has 1 fully saturated rings. The van der Waals surface area contributed by atoms with Crippen LogP contribution in [0.4, 0.5) is 5.82 Å². The minimum absolute atomic E-state index is 0.847. The Balaban J connectivity index is 1.79. The van der Waals surface area contributed by atoms with Crippen molar-refractivity contribution >= 4 is 28.5 Å². The molecule has 1 aliphatic rings. The molecule has 1 N–H and O–H groups in total. The first-order valence-electron chi connectivity index (χ1n) is 8.11. The topological polar surface area (TPSA) is 24.9 Å². The van der Waals surface area contributed by atoms with Gasteiger partial charge in [-0.1, -0.05) is 37.5 Å². The number of aromatic nitrogens is 1. The molecule has 0 amide bonds. The van der Waals surface area contributed by atoms with Crippen molar-refractivity contribution in [2.75, 3.05) is 11.9 Å². The van der Waals surface area contributed by atoms with E-state index in [4.69, 9.17) is 4.98 Å². The number of para-hydroxylation sites is 1. The number of hydrogen-bond donors (Lipinski definition) is 1. The fourth-order valence-electron chi connectivity index (χ4n) is 3.03. The van der Waals surface area contributed by atoms with Crippen molar-refractivity contribution in [2.24, 2.45) is 0 Å². The Morgan fingerprint density at radius 3 is 2.81 bits per heavy atom. The Bertz CT molecular complexity index is 591. The molecule has 1 aromatic carbocycles. The third-order valence-electron chi connectivity index (χ3n) is 4.17. The molecule has 0 unspecified atom stereocenters. The fraction of sp³-hybridized carbons (Fsp3) is 0.500. The molecule has 2 aromatic rings. The smallest absolute Gasteiger partial charge is 0.130 e. The first-order valence-corrected chi connectivity index (χ1v) is 9.16. The van der Waals surface area contributed by atoms with Gasteiger partial charge in [-0.3, -0.25) is 0 Å². The summed E-state index contributed by atoms with van der Waals surface area (Å²) >= 11 is 2.12. The third-order valence-corrected chi connectivity index (χ3v) is 5.59. The molecule has 1 aliphatic carbocycles. The summed E-state index contributed by atoms with van der Waals surface area (Å²) in [6.45, 7) is 3.06. The lowest BCUT2D eigenvalue weighted by Gasteiger charge is -2.21. The van der Waals surface area contributed by atoms with E-state index in [1.54, 1.807) is 0 Å². The summed E-state index contributed by atoms with van der Waals surface area (Å²) in [4.78, 5) is 4.80. The van der Waals surface area contributed by atoms with Gasteiger partial charge in [0.15, 0.2) is 0 Å². The Labute approximate surface area is 131 Å². The van der Waals surface area contributed by atoms with Crippen LogP contribution in [0.1, 0.15) is 44.6 Å². The van der Waals surface area contributed by atoms with Gasteiger partial charge in [-0.15, -0.1) is 0 Å². The first kappa shape index (κ1) is 14.7. The molecule has 0 spiro atoms. The average Bonchev–Trinajstić information content (AvgIpc) is 2.54. The highest BCUT2D eigenvalue weighted by molar-refractivity contribution is 7.99. The molecule has 112 valence electrons. The molecule has 0 radical (unpaired) electrons. The van der Waals surface area contributed by atoms with Crippen molar-refractivity contribution in [1.82, 2.24) is 4.98 Å². The summed E-state index contributed by atoms with van der Waals surface area (Å²) in [5.41, 5.74) is 2.44. The van der Waals surface area contributed by atoms with E-state index in [9.17, 15) is 0 Å². The maximum absolute atomic E-state index is 4.80. The fourth-order valence-corrected chi connectivity index (χ4v) is 4.33. The lowest BCUT2D eigenvalue weighted by atomic mass is 10.0. The van der Waals surface area contributed by atoms with Crippen molar-refractivity contribution in [3.05, 3.63) is 35.9 Å². The number of nitrogens with one attached hydrogen (secondary N) is 1. The van der Waals surface area contributed by atoms with E-state index in [2.05, 4.69) is 54.3 Å². The van der Waals surface area contributed by atoms with Gasteiger partial charge >= 0.3 is 0 Å². The van der Waals surface area contributed by atoms with Crippen LogP contribution in [0.5, 0.6) is 0 Å². The molecule has 0 bridgehead atoms. The van der Waals surface area contributed by atoms with Crippen LogP contribution in [0.2, 0.25) is 0 Å². The van der Waals surface area contributed by atoms with Crippen LogP contribution >= 0.6 is 11.8 Å². The first-order chi connectivity index (χ1) is 10.4. The number of anilines is 1. The second-order valence-electron chi connectivity index (χ2n) is 5.79. The summed E-state index contributed by atoms with van der Waals surface area (Å²) in [6.07, 6.45) is 7.03. The molecule has 1 aromatic heterocycles. The van der Waals surface area contributed by atoms with Crippen LogP contribution in [0.25, 0.3) is 10.9 Å². The van der Waals surface area contributed by atoms with Crippen molar-refractivity contribution in [2.45, 2.75) is 50.0 Å². The molecule has 2 nitrogen and oxygen atoms in total. The van der Waals surface area contributed by atoms with E-state index in [0.717, 1.165) is 28.9 Å². The van der Waals surface area contributed by atoms with Gasteiger partial charge in [0.2, 0.25) is 0 Å². The van der Waals surface area contributed by atoms with E-state index in [-0.39, 0.29) is 0 Å². The predicted octanol–water partition coefficient (Wildman–Crippen LogP) is 5.23. The number of benzene rings is 1. The van der Waals surface area contributed by atoms with E-state index < -0.39 is 0 Å². The summed E-state index contributed by atoms with van der Waals surface area (Å²) in [5, 5.41) is 5.53. The van der Waals surface area contributed by atoms with Gasteiger partial charge in [-0.25, -0.2) is 4.98 Å². The zero-order valence-electron chi connectivity index (χ0n) is 12.8. The van der Waals surface area contributed by atoms with Gasteiger partial charge in [0, 0.05) is 28.5 Å². The summed E-state index contributed by atoms with van der Waals surface area (Å²) in [6, 6.07) is 10.7. The van der Waals surface area contributed by atoms with Gasteiger partial charge in [0.1, 0.15) is 5.82 Å². The second-order valence-corrected chi connectivity index (χ2v) is 7.08. The molecular weight excluding hydrogens is 276 g/mol. The van der Waals surface area contributed by atoms with Crippen LogP contribution in [-0.4, -0.2) is 16.8 Å². The predicted molar refractivity (Wildman–Crippen MR) is 94.1 cm³/mol. The van der Waals surface area contributed by atoms with Crippen LogP contribution < -0.4 is 5.32 Å². The molecule has 1 saturated carbocycles. The minimum atomic E-state index is 0.847. The highest BCUT2D eigenvalue weighted by Gasteiger charge is 2.15. The van der Waals surface area contributed by atoms with Gasteiger partial charge < -0.3 is 5.32 Å². The average molecular weight is 300 g/mol. The van der Waals surface area contributed by atoms with E-state index in [1.807, 2.05) is 0 Å². The molecule has 3 rings (SSSR count). The van der Waals surface area contributed by atoms with Crippen LogP contribution in [0, 0.1) is 0 Å². The van der Waals surface area contributed by atoms with Gasteiger partial charge in [0.05, 0.1) is 5.52 Å². The van der Waals surface area contributed by atoms with Crippen molar-refractivity contribution in [1.29, 1.82) is 0 Å². The minimum Gasteiger partial charge on any atom is -0.370 e. The molecule has 3 heteroatoms. The van der Waals surface area contributed by atoms with E-state index in [0.29, 0.717) is 0 Å². The number of hydrogen-bond acceptors (Lipinski definition) is 3. The zero-order chi connectivity index (χ0) is 14.5. The van der Waals surface area contributed by atoms with Crippen molar-refractivity contribution < 1.29 is 0 Å². The van der Waals surface area contributed by atoms with Crippen molar-refractivity contribution in [3.8, 4) is 0 Å². The number of nitrogens with zero attached hydrogens (tertiary/aromatic N) is 1. The number of rotatable bonds is 5. The third kappa shape index (κ3) is 3.70. The highest BCUT2D eigenvalue weighted by Crippen LogP contribution is 2.32. The van der Waals surface area contributed by atoms with E-state index in [1.165, 1.54) is 43.1 Å². The van der Waals surface area contributed by atoms with Crippen LogP contribution in [0.15, 0.2) is 30.3 Å². The Kier molecular flexibility index (Phi) is 5.02. The summed E-state index contributed by atoms with van der Waals surface area (Å²) in [7, 11) is 0. The van der Waals surface area contributed by atoms with Crippen LogP contribution in [-0.2, 0) is 5.75 Å². The summed E-state index contributed by atoms with van der Waals surface area (Å²) in [5.74, 6) is 2.14. The normalized spacial score (nSPS) is 16.2. The Hall–Kier alpha value is -1.22. The second kappa shape index (κ2) is 7.17. The summed E-state index contributed by atoms with van der Waals surface area (Å²) < 4.78 is 0. The number of fused-ring (bicyclic) bond motifs is 1.